The fraction of sp³-hybridized carbons (Fsp3) is 0. The van der Waals surface area contributed by atoms with Gasteiger partial charge < -0.3 is 4.42 Å². The van der Waals surface area contributed by atoms with Gasteiger partial charge in [-0.25, -0.2) is 4.79 Å². The van der Waals surface area contributed by atoms with Gasteiger partial charge in [-0.15, -0.1) is 0 Å². The molecular formula is C15H8N2O4. The summed E-state index contributed by atoms with van der Waals surface area (Å²) in [6, 6.07) is 13.1. The van der Waals surface area contributed by atoms with Crippen LogP contribution >= 0.6 is 0 Å². The predicted octanol–water partition coefficient (Wildman–Crippen LogP) is 1.53. The summed E-state index contributed by atoms with van der Waals surface area (Å²) in [6.45, 7) is 0. The maximum Gasteiger partial charge on any atom is 0.439 e. The lowest BCUT2D eigenvalue weighted by atomic mass is 10.1. The van der Waals surface area contributed by atoms with Gasteiger partial charge in [0, 0.05) is 0 Å². The smallest absolute Gasteiger partial charge is 0.406 e. The summed E-state index contributed by atoms with van der Waals surface area (Å²) in [7, 11) is 0. The molecule has 1 aromatic heterocycles. The van der Waals surface area contributed by atoms with Crippen molar-refractivity contribution in [2.24, 2.45) is 0 Å². The summed E-state index contributed by atoms with van der Waals surface area (Å²) < 4.78 is 6.04. The molecule has 0 N–H and O–H groups in total. The minimum Gasteiger partial charge on any atom is -0.406 e. The Hall–Kier alpha value is -3.15. The zero-order chi connectivity index (χ0) is 14.6. The van der Waals surface area contributed by atoms with Crippen LogP contribution in [0.15, 0.2) is 57.7 Å². The standard InChI is InChI=1S/C15H8N2O4/c18-13-9-5-1-2-6-10(9)14(19)17(13)16-11-7-3-4-8-12(11)21-15(16)20/h1-8H. The minimum absolute atomic E-state index is 0.277. The van der Waals surface area contributed by atoms with Crippen LogP contribution in [-0.2, 0) is 0 Å². The number of rotatable bonds is 1. The molecule has 1 aliphatic rings. The highest BCUT2D eigenvalue weighted by molar-refractivity contribution is 6.30. The van der Waals surface area contributed by atoms with E-state index in [-0.39, 0.29) is 11.1 Å². The first kappa shape index (κ1) is 11.7. The number of carbonyl (C=O) groups is 2. The third-order valence-electron chi connectivity index (χ3n) is 3.44. The van der Waals surface area contributed by atoms with Gasteiger partial charge in [0.1, 0.15) is 5.52 Å². The highest BCUT2D eigenvalue weighted by atomic mass is 16.4. The molecule has 4 rings (SSSR count). The van der Waals surface area contributed by atoms with Gasteiger partial charge in [-0.2, -0.15) is 9.69 Å². The van der Waals surface area contributed by atoms with Gasteiger partial charge in [0.25, 0.3) is 11.8 Å². The maximum absolute atomic E-state index is 12.4. The number of fused-ring (bicyclic) bond motifs is 2. The SMILES string of the molecule is O=C1c2ccccc2C(=O)N1n1c(=O)oc2ccccc21. The Morgan fingerprint density at radius 3 is 2.00 bits per heavy atom. The quantitative estimate of drug-likeness (QED) is 0.634. The van der Waals surface area contributed by atoms with Crippen molar-refractivity contribution < 1.29 is 14.0 Å². The first-order valence-corrected chi connectivity index (χ1v) is 6.27. The average Bonchev–Trinajstić information content (AvgIpc) is 2.95. The minimum atomic E-state index is -0.772. The van der Waals surface area contributed by atoms with Crippen LogP contribution < -0.4 is 10.8 Å². The van der Waals surface area contributed by atoms with Crippen molar-refractivity contribution >= 4 is 22.9 Å². The first-order chi connectivity index (χ1) is 10.2. The second-order valence-electron chi connectivity index (χ2n) is 4.62. The zero-order valence-corrected chi connectivity index (χ0v) is 10.6. The highest BCUT2D eigenvalue weighted by Gasteiger charge is 2.38. The molecule has 3 aromatic rings. The van der Waals surface area contributed by atoms with E-state index >= 15 is 0 Å². The van der Waals surface area contributed by atoms with Crippen LogP contribution in [0.4, 0.5) is 0 Å². The Morgan fingerprint density at radius 1 is 0.762 bits per heavy atom. The number of oxazole rings is 1. The molecule has 0 atom stereocenters. The van der Waals surface area contributed by atoms with Crippen LogP contribution in [0.25, 0.3) is 11.1 Å². The van der Waals surface area contributed by atoms with E-state index in [2.05, 4.69) is 0 Å². The van der Waals surface area contributed by atoms with E-state index in [9.17, 15) is 14.4 Å². The number of carbonyl (C=O) groups excluding carboxylic acids is 2. The highest BCUT2D eigenvalue weighted by Crippen LogP contribution is 2.23. The van der Waals surface area contributed by atoms with Gasteiger partial charge in [-0.1, -0.05) is 24.3 Å². The molecule has 0 spiro atoms. The molecule has 2 heterocycles. The van der Waals surface area contributed by atoms with E-state index in [0.29, 0.717) is 11.1 Å². The fourth-order valence-corrected chi connectivity index (χ4v) is 2.50. The summed E-state index contributed by atoms with van der Waals surface area (Å²) in [5.41, 5.74) is 1.25. The van der Waals surface area contributed by atoms with Crippen LogP contribution in [0.5, 0.6) is 0 Å². The van der Waals surface area contributed by atoms with Crippen LogP contribution in [0.1, 0.15) is 20.7 Å². The molecule has 2 aromatic carbocycles. The van der Waals surface area contributed by atoms with Crippen LogP contribution in [0.3, 0.4) is 0 Å². The van der Waals surface area contributed by atoms with E-state index < -0.39 is 17.6 Å². The zero-order valence-electron chi connectivity index (χ0n) is 10.6. The molecule has 0 saturated carbocycles. The Labute approximate surface area is 117 Å². The van der Waals surface area contributed by atoms with Gasteiger partial charge in [0.2, 0.25) is 0 Å². The lowest BCUT2D eigenvalue weighted by molar-refractivity contribution is 0.0884. The van der Waals surface area contributed by atoms with Crippen molar-refractivity contribution in [3.8, 4) is 0 Å². The monoisotopic (exact) mass is 280 g/mol. The molecule has 2 amide bonds. The lowest BCUT2D eigenvalue weighted by Crippen LogP contribution is -2.44. The van der Waals surface area contributed by atoms with E-state index in [1.54, 1.807) is 48.5 Å². The van der Waals surface area contributed by atoms with Crippen molar-refractivity contribution in [3.05, 3.63) is 70.2 Å². The van der Waals surface area contributed by atoms with E-state index in [0.717, 1.165) is 9.69 Å². The maximum atomic E-state index is 12.4. The summed E-state index contributed by atoms with van der Waals surface area (Å²) in [6.07, 6.45) is 0. The van der Waals surface area contributed by atoms with Gasteiger partial charge in [0.15, 0.2) is 5.58 Å². The fourth-order valence-electron chi connectivity index (χ4n) is 2.50. The second kappa shape index (κ2) is 3.92. The first-order valence-electron chi connectivity index (χ1n) is 6.27. The molecule has 0 radical (unpaired) electrons. The normalized spacial score (nSPS) is 14.0. The molecule has 0 unspecified atom stereocenters. The molecular weight excluding hydrogens is 272 g/mol. The number of nitrogens with zero attached hydrogens (tertiary/aromatic N) is 2. The van der Waals surface area contributed by atoms with Crippen molar-refractivity contribution in [1.82, 2.24) is 4.68 Å². The van der Waals surface area contributed by atoms with Gasteiger partial charge in [0.05, 0.1) is 11.1 Å². The van der Waals surface area contributed by atoms with Gasteiger partial charge >= 0.3 is 5.76 Å². The number of aromatic nitrogens is 1. The predicted molar refractivity (Wildman–Crippen MR) is 73.8 cm³/mol. The topological polar surface area (TPSA) is 72.5 Å². The lowest BCUT2D eigenvalue weighted by Gasteiger charge is -2.13. The van der Waals surface area contributed by atoms with Crippen molar-refractivity contribution in [2.45, 2.75) is 0 Å². The summed E-state index contributed by atoms with van der Waals surface area (Å²) in [5, 5.41) is 0.818. The van der Waals surface area contributed by atoms with Gasteiger partial charge in [-0.05, 0) is 24.3 Å². The molecule has 6 nitrogen and oxygen atoms in total. The summed E-state index contributed by atoms with van der Waals surface area (Å²) in [5.74, 6) is -1.85. The van der Waals surface area contributed by atoms with E-state index in [1.807, 2.05) is 0 Å². The Balaban J connectivity index is 2.00. The molecule has 21 heavy (non-hydrogen) atoms. The average molecular weight is 280 g/mol. The molecule has 6 heteroatoms. The number of hydrogen-bond donors (Lipinski definition) is 0. The molecule has 1 aliphatic heterocycles. The molecule has 0 aliphatic carbocycles. The van der Waals surface area contributed by atoms with Crippen LogP contribution in [-0.4, -0.2) is 16.5 Å². The number of amides is 2. The van der Waals surface area contributed by atoms with Crippen molar-refractivity contribution in [3.63, 3.8) is 0 Å². The van der Waals surface area contributed by atoms with Crippen LogP contribution in [0.2, 0.25) is 0 Å². The molecule has 102 valence electrons. The molecule has 0 bridgehead atoms. The Bertz CT molecular complexity index is 932. The van der Waals surface area contributed by atoms with E-state index in [1.165, 1.54) is 0 Å². The molecule has 0 fully saturated rings. The number of imide groups is 1. The third kappa shape index (κ3) is 1.44. The number of hydrogen-bond acceptors (Lipinski definition) is 4. The summed E-state index contributed by atoms with van der Waals surface area (Å²) in [4.78, 5) is 36.8. The van der Waals surface area contributed by atoms with Crippen molar-refractivity contribution in [1.29, 1.82) is 0 Å². The summed E-state index contributed by atoms with van der Waals surface area (Å²) >= 11 is 0. The Morgan fingerprint density at radius 2 is 1.33 bits per heavy atom. The van der Waals surface area contributed by atoms with Crippen molar-refractivity contribution in [2.75, 3.05) is 5.01 Å². The van der Waals surface area contributed by atoms with E-state index in [4.69, 9.17) is 4.42 Å². The second-order valence-corrected chi connectivity index (χ2v) is 4.62. The van der Waals surface area contributed by atoms with Crippen LogP contribution in [0, 0.1) is 0 Å². The number of benzene rings is 2. The van der Waals surface area contributed by atoms with Gasteiger partial charge in [-0.3, -0.25) is 9.59 Å². The Kier molecular flexibility index (Phi) is 2.18. The molecule has 0 saturated heterocycles. The largest absolute Gasteiger partial charge is 0.439 e. The number of para-hydroxylation sites is 2. The third-order valence-corrected chi connectivity index (χ3v) is 3.44.